The molecule has 0 unspecified atom stereocenters. The molecule has 2 aromatic rings. The summed E-state index contributed by atoms with van der Waals surface area (Å²) in [5.41, 5.74) is 3.49. The third-order valence-corrected chi connectivity index (χ3v) is 3.97. The minimum Gasteiger partial charge on any atom is -0.494 e. The molecule has 0 saturated carbocycles. The van der Waals surface area contributed by atoms with Gasteiger partial charge in [0.15, 0.2) is 0 Å². The van der Waals surface area contributed by atoms with Gasteiger partial charge in [-0.3, -0.25) is 4.79 Å². The lowest BCUT2D eigenvalue weighted by Gasteiger charge is -2.29. The van der Waals surface area contributed by atoms with Gasteiger partial charge in [0.25, 0.3) is 5.91 Å². The highest BCUT2D eigenvalue weighted by Gasteiger charge is 2.25. The summed E-state index contributed by atoms with van der Waals surface area (Å²) in [4.78, 5) is 12.3. The molecule has 1 heterocycles. The minimum atomic E-state index is -0.297. The van der Waals surface area contributed by atoms with Crippen LogP contribution in [0.25, 0.3) is 0 Å². The van der Waals surface area contributed by atoms with Crippen LogP contribution in [0.2, 0.25) is 0 Å². The number of anilines is 1. The Bertz CT molecular complexity index is 795. The number of hydrogen-bond acceptors (Lipinski definition) is 4. The topological polar surface area (TPSA) is 74.2 Å². The van der Waals surface area contributed by atoms with Gasteiger partial charge in [-0.1, -0.05) is 24.3 Å². The van der Waals surface area contributed by atoms with E-state index in [2.05, 4.69) is 16.7 Å². The number of nitrogens with one attached hydrogen (secondary N) is 2. The number of nitriles is 1. The number of carbonyl (C=O) groups is 1. The van der Waals surface area contributed by atoms with Crippen LogP contribution in [0.4, 0.5) is 5.69 Å². The molecule has 1 aliphatic rings. The second-order valence-electron chi connectivity index (χ2n) is 5.73. The number of fused-ring (bicyclic) bond motifs is 1. The van der Waals surface area contributed by atoms with Gasteiger partial charge in [0, 0.05) is 6.42 Å². The summed E-state index contributed by atoms with van der Waals surface area (Å²) in [5, 5.41) is 14.9. The highest BCUT2D eigenvalue weighted by Crippen LogP contribution is 2.30. The smallest absolute Gasteiger partial charge is 0.255 e. The van der Waals surface area contributed by atoms with Crippen LogP contribution in [0.3, 0.4) is 0 Å². The third kappa shape index (κ3) is 3.33. The lowest BCUT2D eigenvalue weighted by atomic mass is 10.0. The summed E-state index contributed by atoms with van der Waals surface area (Å²) in [7, 11) is 0. The number of amides is 1. The quantitative estimate of drug-likeness (QED) is 0.826. The molecule has 1 atom stereocenters. The second-order valence-corrected chi connectivity index (χ2v) is 5.73. The number of nitrogens with zero attached hydrogens (tertiary/aromatic N) is 1. The van der Waals surface area contributed by atoms with E-state index >= 15 is 0 Å². The lowest BCUT2D eigenvalue weighted by Crippen LogP contribution is -2.38. The standard InChI is InChI=1S/C19H19N3O2/c1-13-6-4-9-16-17(13)21-18(22-19(16)23)14-7-5-8-15(12-14)24-11-3-2-10-20/h4-9,12,18,21H,2-3,11H2,1H3,(H,22,23)/t18-/m0/s1. The van der Waals surface area contributed by atoms with Crippen molar-refractivity contribution in [2.75, 3.05) is 11.9 Å². The monoisotopic (exact) mass is 321 g/mol. The molecule has 1 aliphatic heterocycles. The number of para-hydroxylation sites is 1. The first-order valence-corrected chi connectivity index (χ1v) is 7.96. The van der Waals surface area contributed by atoms with Gasteiger partial charge in [-0.05, 0) is 42.7 Å². The molecule has 2 aromatic carbocycles. The summed E-state index contributed by atoms with van der Waals surface area (Å²) in [6.45, 7) is 2.49. The molecule has 24 heavy (non-hydrogen) atoms. The second kappa shape index (κ2) is 7.05. The molecule has 3 rings (SSSR count). The Morgan fingerprint density at radius 2 is 2.04 bits per heavy atom. The molecular weight excluding hydrogens is 302 g/mol. The lowest BCUT2D eigenvalue weighted by molar-refractivity contribution is 0.0935. The number of rotatable bonds is 5. The maximum atomic E-state index is 12.3. The van der Waals surface area contributed by atoms with E-state index in [1.807, 2.05) is 49.4 Å². The van der Waals surface area contributed by atoms with Crippen molar-refractivity contribution in [2.45, 2.75) is 25.9 Å². The molecule has 0 aromatic heterocycles. The first kappa shape index (κ1) is 15.9. The van der Waals surface area contributed by atoms with E-state index in [1.54, 1.807) is 0 Å². The van der Waals surface area contributed by atoms with Crippen LogP contribution in [-0.2, 0) is 0 Å². The van der Waals surface area contributed by atoms with Crippen molar-refractivity contribution in [3.05, 3.63) is 59.2 Å². The maximum Gasteiger partial charge on any atom is 0.255 e. The van der Waals surface area contributed by atoms with Gasteiger partial charge in [0.1, 0.15) is 11.9 Å². The normalized spacial score (nSPS) is 15.7. The SMILES string of the molecule is Cc1cccc2c1N[C@H](c1cccc(OCCCC#N)c1)NC2=O. The van der Waals surface area contributed by atoms with E-state index in [1.165, 1.54) is 0 Å². The largest absolute Gasteiger partial charge is 0.494 e. The molecule has 0 radical (unpaired) electrons. The van der Waals surface area contributed by atoms with Crippen LogP contribution >= 0.6 is 0 Å². The number of unbranched alkanes of at least 4 members (excludes halogenated alkanes) is 1. The Morgan fingerprint density at radius 1 is 1.21 bits per heavy atom. The molecule has 0 spiro atoms. The van der Waals surface area contributed by atoms with Gasteiger partial charge >= 0.3 is 0 Å². The highest BCUT2D eigenvalue weighted by molar-refractivity contribution is 6.02. The molecule has 122 valence electrons. The fraction of sp³-hybridized carbons (Fsp3) is 0.263. The van der Waals surface area contributed by atoms with Crippen molar-refractivity contribution >= 4 is 11.6 Å². The van der Waals surface area contributed by atoms with E-state index in [0.717, 1.165) is 22.6 Å². The molecule has 0 aliphatic carbocycles. The molecule has 0 fully saturated rings. The minimum absolute atomic E-state index is 0.0854. The van der Waals surface area contributed by atoms with Crippen LogP contribution in [0.5, 0.6) is 5.75 Å². The highest BCUT2D eigenvalue weighted by atomic mass is 16.5. The van der Waals surface area contributed by atoms with E-state index in [4.69, 9.17) is 10.00 Å². The Kier molecular flexibility index (Phi) is 4.66. The van der Waals surface area contributed by atoms with Gasteiger partial charge < -0.3 is 15.4 Å². The van der Waals surface area contributed by atoms with Crippen molar-refractivity contribution < 1.29 is 9.53 Å². The van der Waals surface area contributed by atoms with Crippen molar-refractivity contribution in [3.8, 4) is 11.8 Å². The third-order valence-electron chi connectivity index (χ3n) is 3.97. The van der Waals surface area contributed by atoms with Crippen molar-refractivity contribution in [3.63, 3.8) is 0 Å². The van der Waals surface area contributed by atoms with Crippen LogP contribution in [0, 0.1) is 18.3 Å². The van der Waals surface area contributed by atoms with Crippen LogP contribution in [0.15, 0.2) is 42.5 Å². The molecular formula is C19H19N3O2. The molecule has 2 N–H and O–H groups in total. The fourth-order valence-corrected chi connectivity index (χ4v) is 2.73. The molecule has 1 amide bonds. The van der Waals surface area contributed by atoms with Crippen LogP contribution in [0.1, 0.15) is 40.5 Å². The van der Waals surface area contributed by atoms with Crippen molar-refractivity contribution in [2.24, 2.45) is 0 Å². The zero-order chi connectivity index (χ0) is 16.9. The van der Waals surface area contributed by atoms with Gasteiger partial charge in [0.05, 0.1) is 23.9 Å². The number of aryl methyl sites for hydroxylation is 1. The van der Waals surface area contributed by atoms with Gasteiger partial charge in [-0.25, -0.2) is 0 Å². The predicted octanol–water partition coefficient (Wildman–Crippen LogP) is 3.53. The molecule has 5 heteroatoms. The Morgan fingerprint density at radius 3 is 2.88 bits per heavy atom. The van der Waals surface area contributed by atoms with Crippen molar-refractivity contribution in [1.29, 1.82) is 5.26 Å². The van der Waals surface area contributed by atoms with Crippen molar-refractivity contribution in [1.82, 2.24) is 5.32 Å². The summed E-state index contributed by atoms with van der Waals surface area (Å²) in [6.07, 6.45) is 0.885. The summed E-state index contributed by atoms with van der Waals surface area (Å²) < 4.78 is 5.67. The predicted molar refractivity (Wildman–Crippen MR) is 91.8 cm³/mol. The molecule has 5 nitrogen and oxygen atoms in total. The van der Waals surface area contributed by atoms with Crippen LogP contribution < -0.4 is 15.4 Å². The fourth-order valence-electron chi connectivity index (χ4n) is 2.73. The Labute approximate surface area is 141 Å². The number of carbonyl (C=O) groups excluding carboxylic acids is 1. The first-order valence-electron chi connectivity index (χ1n) is 7.96. The summed E-state index contributed by atoms with van der Waals surface area (Å²) in [6, 6.07) is 15.4. The van der Waals surface area contributed by atoms with E-state index in [0.29, 0.717) is 25.0 Å². The molecule has 0 bridgehead atoms. The van der Waals surface area contributed by atoms with E-state index < -0.39 is 0 Å². The van der Waals surface area contributed by atoms with Gasteiger partial charge in [-0.2, -0.15) is 5.26 Å². The maximum absolute atomic E-state index is 12.3. The van der Waals surface area contributed by atoms with E-state index in [-0.39, 0.29) is 12.1 Å². The Balaban J connectivity index is 1.77. The zero-order valence-electron chi connectivity index (χ0n) is 13.5. The average molecular weight is 321 g/mol. The summed E-state index contributed by atoms with van der Waals surface area (Å²) in [5.74, 6) is 0.648. The molecule has 0 saturated heterocycles. The van der Waals surface area contributed by atoms with Gasteiger partial charge in [0.2, 0.25) is 0 Å². The number of ether oxygens (including phenoxy) is 1. The van der Waals surface area contributed by atoms with E-state index in [9.17, 15) is 4.79 Å². The Hall–Kier alpha value is -3.00. The zero-order valence-corrected chi connectivity index (χ0v) is 13.5. The van der Waals surface area contributed by atoms with Crippen LogP contribution in [-0.4, -0.2) is 12.5 Å². The number of benzene rings is 2. The summed E-state index contributed by atoms with van der Waals surface area (Å²) >= 11 is 0. The first-order chi connectivity index (χ1) is 11.7. The number of hydrogen-bond donors (Lipinski definition) is 2. The average Bonchev–Trinajstić information content (AvgIpc) is 2.60. The van der Waals surface area contributed by atoms with Gasteiger partial charge in [-0.15, -0.1) is 0 Å².